The van der Waals surface area contributed by atoms with Crippen molar-refractivity contribution >= 4 is 41.2 Å². The second-order valence-corrected chi connectivity index (χ2v) is 7.40. The lowest BCUT2D eigenvalue weighted by Gasteiger charge is -2.31. The molecule has 3 rings (SSSR count). The molecule has 0 atom stereocenters. The van der Waals surface area contributed by atoms with E-state index in [1.165, 1.54) is 23.9 Å². The first-order valence-electron chi connectivity index (χ1n) is 8.89. The molecule has 8 heteroatoms. The maximum absolute atomic E-state index is 12.6. The molecule has 0 saturated carbocycles. The summed E-state index contributed by atoms with van der Waals surface area (Å²) in [5.41, 5.74) is 4.37. The Bertz CT molecular complexity index is 1090. The van der Waals surface area contributed by atoms with Gasteiger partial charge in [-0.1, -0.05) is 0 Å². The van der Waals surface area contributed by atoms with E-state index in [9.17, 15) is 19.5 Å². The summed E-state index contributed by atoms with van der Waals surface area (Å²) in [7, 11) is 3.08. The standard InChI is InChI=1S/C21H21N3O4S/c1-11-8-14(20(27)28)6-7-17(11)24-12(2)9-15(13(24)3)10-16-18(25)22(4)21(29)23(5)19(16)26/h6-10H,1-5H3,(H,27,28). The molecule has 1 saturated heterocycles. The van der Waals surface area contributed by atoms with E-state index in [1.54, 1.807) is 24.3 Å². The number of amides is 2. The molecule has 0 spiro atoms. The second kappa shape index (κ2) is 7.29. The van der Waals surface area contributed by atoms with Gasteiger partial charge in [0.05, 0.1) is 5.56 Å². The fraction of sp³-hybridized carbons (Fsp3) is 0.238. The molecule has 0 unspecified atom stereocenters. The zero-order chi connectivity index (χ0) is 21.6. The molecule has 2 aromatic rings. The highest BCUT2D eigenvalue weighted by Crippen LogP contribution is 2.27. The fourth-order valence-electron chi connectivity index (χ4n) is 3.47. The van der Waals surface area contributed by atoms with Gasteiger partial charge in [0.2, 0.25) is 0 Å². The Morgan fingerprint density at radius 2 is 1.62 bits per heavy atom. The number of carboxylic acids is 1. The van der Waals surface area contributed by atoms with Gasteiger partial charge in [-0.3, -0.25) is 19.4 Å². The summed E-state index contributed by atoms with van der Waals surface area (Å²) in [5.74, 6) is -1.86. The number of carbonyl (C=O) groups is 3. The SMILES string of the molecule is Cc1cc(C(=O)O)ccc1-n1c(C)cc(C=C2C(=O)N(C)C(=S)N(C)C2=O)c1C. The van der Waals surface area contributed by atoms with Gasteiger partial charge < -0.3 is 9.67 Å². The van der Waals surface area contributed by atoms with E-state index in [4.69, 9.17) is 12.2 Å². The lowest BCUT2D eigenvalue weighted by Crippen LogP contribution is -2.52. The summed E-state index contributed by atoms with van der Waals surface area (Å²) in [6.07, 6.45) is 1.58. The van der Waals surface area contributed by atoms with Gasteiger partial charge in [0.25, 0.3) is 11.8 Å². The Hall–Kier alpha value is -3.26. The van der Waals surface area contributed by atoms with E-state index >= 15 is 0 Å². The van der Waals surface area contributed by atoms with Gasteiger partial charge in [0.1, 0.15) is 5.57 Å². The number of aromatic nitrogens is 1. The zero-order valence-electron chi connectivity index (χ0n) is 16.8. The molecule has 2 heterocycles. The van der Waals surface area contributed by atoms with Crippen molar-refractivity contribution in [3.05, 3.63) is 57.9 Å². The predicted octanol–water partition coefficient (Wildman–Crippen LogP) is 2.70. The van der Waals surface area contributed by atoms with E-state index in [2.05, 4.69) is 0 Å². The summed E-state index contributed by atoms with van der Waals surface area (Å²) >= 11 is 5.12. The maximum atomic E-state index is 12.6. The van der Waals surface area contributed by atoms with E-state index in [0.717, 1.165) is 28.2 Å². The number of nitrogens with zero attached hydrogens (tertiary/aromatic N) is 3. The van der Waals surface area contributed by atoms with Gasteiger partial charge in [-0.25, -0.2) is 4.79 Å². The van der Waals surface area contributed by atoms with Crippen LogP contribution in [0.2, 0.25) is 0 Å². The van der Waals surface area contributed by atoms with Crippen LogP contribution < -0.4 is 0 Å². The van der Waals surface area contributed by atoms with Crippen LogP contribution in [0.4, 0.5) is 0 Å². The average molecular weight is 411 g/mol. The normalized spacial score (nSPS) is 14.7. The molecule has 1 fully saturated rings. The molecule has 1 N–H and O–H groups in total. The van der Waals surface area contributed by atoms with Gasteiger partial charge in [0, 0.05) is 31.2 Å². The van der Waals surface area contributed by atoms with Crippen LogP contribution in [-0.4, -0.2) is 56.5 Å². The minimum atomic E-state index is -0.980. The van der Waals surface area contributed by atoms with Crippen LogP contribution in [0.1, 0.15) is 32.9 Å². The first-order valence-corrected chi connectivity index (χ1v) is 9.30. The number of aromatic carboxylic acids is 1. The quantitative estimate of drug-likeness (QED) is 0.477. The highest BCUT2D eigenvalue weighted by Gasteiger charge is 2.35. The third-order valence-corrected chi connectivity index (χ3v) is 5.65. The van der Waals surface area contributed by atoms with E-state index in [0.29, 0.717) is 0 Å². The third-order valence-electron chi connectivity index (χ3n) is 5.10. The van der Waals surface area contributed by atoms with E-state index in [-0.39, 0.29) is 16.2 Å². The number of rotatable bonds is 3. The molecular weight excluding hydrogens is 390 g/mol. The smallest absolute Gasteiger partial charge is 0.335 e. The number of hydrogen-bond acceptors (Lipinski definition) is 4. The van der Waals surface area contributed by atoms with Crippen molar-refractivity contribution in [2.45, 2.75) is 20.8 Å². The molecule has 1 aromatic carbocycles. The maximum Gasteiger partial charge on any atom is 0.335 e. The minimum Gasteiger partial charge on any atom is -0.478 e. The van der Waals surface area contributed by atoms with Crippen LogP contribution in [0.5, 0.6) is 0 Å². The van der Waals surface area contributed by atoms with Crippen LogP contribution in [0.3, 0.4) is 0 Å². The van der Waals surface area contributed by atoms with Crippen molar-refractivity contribution in [2.24, 2.45) is 0 Å². The molecular formula is C21H21N3O4S. The van der Waals surface area contributed by atoms with Crippen LogP contribution in [0, 0.1) is 20.8 Å². The summed E-state index contributed by atoms with van der Waals surface area (Å²) in [5, 5.41) is 9.35. The number of likely N-dealkylation sites (N-methyl/N-ethyl adjacent to an activating group) is 2. The van der Waals surface area contributed by atoms with Crippen LogP contribution in [-0.2, 0) is 9.59 Å². The fourth-order valence-corrected chi connectivity index (χ4v) is 3.64. The molecule has 0 bridgehead atoms. The van der Waals surface area contributed by atoms with Crippen molar-refractivity contribution in [1.82, 2.24) is 14.4 Å². The monoisotopic (exact) mass is 411 g/mol. The first kappa shape index (κ1) is 20.5. The van der Waals surface area contributed by atoms with Gasteiger partial charge in [0.15, 0.2) is 5.11 Å². The summed E-state index contributed by atoms with van der Waals surface area (Å²) in [6.45, 7) is 5.65. The van der Waals surface area contributed by atoms with Crippen LogP contribution >= 0.6 is 12.2 Å². The predicted molar refractivity (Wildman–Crippen MR) is 113 cm³/mol. The van der Waals surface area contributed by atoms with E-state index in [1.807, 2.05) is 31.4 Å². The van der Waals surface area contributed by atoms with Crippen molar-refractivity contribution in [3.8, 4) is 5.69 Å². The molecule has 1 aliphatic heterocycles. The number of carboxylic acid groups (broad SMARTS) is 1. The largest absolute Gasteiger partial charge is 0.478 e. The van der Waals surface area contributed by atoms with Gasteiger partial charge in [-0.15, -0.1) is 0 Å². The summed E-state index contributed by atoms with van der Waals surface area (Å²) in [6, 6.07) is 6.82. The highest BCUT2D eigenvalue weighted by molar-refractivity contribution is 7.80. The van der Waals surface area contributed by atoms with E-state index < -0.39 is 17.8 Å². The molecule has 0 aliphatic carbocycles. The Kier molecular flexibility index (Phi) is 5.15. The van der Waals surface area contributed by atoms with Crippen molar-refractivity contribution in [2.75, 3.05) is 14.1 Å². The van der Waals surface area contributed by atoms with Gasteiger partial charge in [-0.05, 0) is 74.5 Å². The Labute approximate surface area is 173 Å². The summed E-state index contributed by atoms with van der Waals surface area (Å²) in [4.78, 5) is 38.9. The van der Waals surface area contributed by atoms with Crippen LogP contribution in [0.25, 0.3) is 11.8 Å². The molecule has 1 aliphatic rings. The first-order chi connectivity index (χ1) is 13.5. The highest BCUT2D eigenvalue weighted by atomic mass is 32.1. The number of carbonyl (C=O) groups excluding carboxylic acids is 2. The molecule has 29 heavy (non-hydrogen) atoms. The molecule has 1 aromatic heterocycles. The minimum absolute atomic E-state index is 0.0433. The van der Waals surface area contributed by atoms with Crippen molar-refractivity contribution in [3.63, 3.8) is 0 Å². The average Bonchev–Trinajstić information content (AvgIpc) is 2.95. The second-order valence-electron chi connectivity index (χ2n) is 7.04. The Balaban J connectivity index is 2.10. The number of benzene rings is 1. The molecule has 150 valence electrons. The van der Waals surface area contributed by atoms with Gasteiger partial charge in [-0.2, -0.15) is 0 Å². The number of thiocarbonyl (C=S) groups is 1. The third kappa shape index (κ3) is 3.36. The Morgan fingerprint density at radius 1 is 1.03 bits per heavy atom. The lowest BCUT2D eigenvalue weighted by molar-refractivity contribution is -0.132. The number of aryl methyl sites for hydroxylation is 2. The van der Waals surface area contributed by atoms with Crippen molar-refractivity contribution in [1.29, 1.82) is 0 Å². The lowest BCUT2D eigenvalue weighted by atomic mass is 10.1. The molecule has 2 amide bonds. The number of hydrogen-bond donors (Lipinski definition) is 1. The molecule has 0 radical (unpaired) electrons. The topological polar surface area (TPSA) is 82.8 Å². The Morgan fingerprint density at radius 3 is 2.14 bits per heavy atom. The van der Waals surface area contributed by atoms with Gasteiger partial charge >= 0.3 is 5.97 Å². The summed E-state index contributed by atoms with van der Waals surface area (Å²) < 4.78 is 1.98. The zero-order valence-corrected chi connectivity index (χ0v) is 17.6. The van der Waals surface area contributed by atoms with Crippen LogP contribution in [0.15, 0.2) is 29.8 Å². The van der Waals surface area contributed by atoms with Crippen molar-refractivity contribution < 1.29 is 19.5 Å². The molecule has 7 nitrogen and oxygen atoms in total.